The lowest BCUT2D eigenvalue weighted by atomic mass is 10.1. The lowest BCUT2D eigenvalue weighted by Crippen LogP contribution is -2.28. The van der Waals surface area contributed by atoms with Gasteiger partial charge in [0.05, 0.1) is 5.75 Å². The topological polar surface area (TPSA) is 72.2 Å². The fraction of sp³-hybridized carbons (Fsp3) is 0.333. The fourth-order valence-corrected chi connectivity index (χ4v) is 2.31. The Morgan fingerprint density at radius 2 is 2.00 bits per heavy atom. The van der Waals surface area contributed by atoms with Gasteiger partial charge in [-0.3, -0.25) is 0 Å². The van der Waals surface area contributed by atoms with Gasteiger partial charge in [0.15, 0.2) is 0 Å². The molecule has 0 spiro atoms. The molecule has 94 valence electrons. The van der Waals surface area contributed by atoms with Crippen molar-refractivity contribution in [2.45, 2.75) is 12.5 Å². The van der Waals surface area contributed by atoms with E-state index < -0.39 is 10.0 Å². The van der Waals surface area contributed by atoms with E-state index in [1.165, 1.54) is 6.08 Å². The Labute approximate surface area is 103 Å². The van der Waals surface area contributed by atoms with Crippen LogP contribution >= 0.6 is 0 Å². The van der Waals surface area contributed by atoms with Gasteiger partial charge in [-0.25, -0.2) is 13.1 Å². The minimum Gasteiger partial charge on any atom is -0.324 e. The van der Waals surface area contributed by atoms with Crippen LogP contribution in [0.5, 0.6) is 0 Å². The third-order valence-electron chi connectivity index (χ3n) is 2.34. The molecule has 0 radical (unpaired) electrons. The SMILES string of the molecule is C=CCS(=O)(=O)NCCC(N)c1ccccc1. The van der Waals surface area contributed by atoms with E-state index in [9.17, 15) is 8.42 Å². The molecule has 0 fully saturated rings. The van der Waals surface area contributed by atoms with E-state index in [4.69, 9.17) is 5.73 Å². The molecular formula is C12H18N2O2S. The standard InChI is InChI=1S/C12H18N2O2S/c1-2-10-17(15,16)14-9-8-12(13)11-6-4-3-5-7-11/h2-7,12,14H,1,8-10,13H2. The van der Waals surface area contributed by atoms with E-state index in [0.29, 0.717) is 13.0 Å². The van der Waals surface area contributed by atoms with Gasteiger partial charge in [0.2, 0.25) is 10.0 Å². The maximum Gasteiger partial charge on any atom is 0.215 e. The minimum absolute atomic E-state index is 0.0619. The van der Waals surface area contributed by atoms with Crippen molar-refractivity contribution in [1.82, 2.24) is 4.72 Å². The first kappa shape index (κ1) is 13.9. The number of sulfonamides is 1. The molecular weight excluding hydrogens is 236 g/mol. The van der Waals surface area contributed by atoms with Crippen molar-refractivity contribution in [2.24, 2.45) is 5.73 Å². The lowest BCUT2D eigenvalue weighted by molar-refractivity contribution is 0.572. The van der Waals surface area contributed by atoms with Crippen LogP contribution in [0.15, 0.2) is 43.0 Å². The van der Waals surface area contributed by atoms with Crippen LogP contribution in [0.3, 0.4) is 0 Å². The molecule has 0 bridgehead atoms. The second kappa shape index (κ2) is 6.54. The largest absolute Gasteiger partial charge is 0.324 e. The highest BCUT2D eigenvalue weighted by molar-refractivity contribution is 7.89. The van der Waals surface area contributed by atoms with Gasteiger partial charge >= 0.3 is 0 Å². The van der Waals surface area contributed by atoms with Gasteiger partial charge < -0.3 is 5.73 Å². The van der Waals surface area contributed by atoms with Crippen molar-refractivity contribution in [3.8, 4) is 0 Å². The number of rotatable bonds is 7. The van der Waals surface area contributed by atoms with E-state index in [1.54, 1.807) is 0 Å². The van der Waals surface area contributed by atoms with E-state index in [2.05, 4.69) is 11.3 Å². The molecule has 0 aliphatic heterocycles. The third-order valence-corrected chi connectivity index (χ3v) is 3.66. The predicted molar refractivity (Wildman–Crippen MR) is 70.0 cm³/mol. The fourth-order valence-electron chi connectivity index (χ4n) is 1.45. The number of nitrogens with two attached hydrogens (primary N) is 1. The Hall–Kier alpha value is -1.17. The molecule has 1 aromatic rings. The zero-order valence-corrected chi connectivity index (χ0v) is 10.5. The summed E-state index contributed by atoms with van der Waals surface area (Å²) in [6.07, 6.45) is 1.93. The first-order valence-corrected chi connectivity index (χ1v) is 7.09. The normalized spacial score (nSPS) is 13.2. The van der Waals surface area contributed by atoms with Crippen molar-refractivity contribution in [3.63, 3.8) is 0 Å². The maximum absolute atomic E-state index is 11.3. The van der Waals surface area contributed by atoms with Crippen molar-refractivity contribution in [2.75, 3.05) is 12.3 Å². The molecule has 0 aromatic heterocycles. The van der Waals surface area contributed by atoms with Gasteiger partial charge in [0, 0.05) is 12.6 Å². The Kier molecular flexibility index (Phi) is 5.34. The summed E-state index contributed by atoms with van der Waals surface area (Å²) < 4.78 is 25.1. The number of benzene rings is 1. The Bertz CT molecular complexity index is 443. The van der Waals surface area contributed by atoms with E-state index in [-0.39, 0.29) is 11.8 Å². The minimum atomic E-state index is -3.23. The average molecular weight is 254 g/mol. The molecule has 0 aliphatic rings. The number of hydrogen-bond donors (Lipinski definition) is 2. The summed E-state index contributed by atoms with van der Waals surface area (Å²) >= 11 is 0. The molecule has 0 heterocycles. The molecule has 1 rings (SSSR count). The van der Waals surface area contributed by atoms with Crippen LogP contribution in [-0.2, 0) is 10.0 Å². The molecule has 0 aliphatic carbocycles. The van der Waals surface area contributed by atoms with Crippen LogP contribution < -0.4 is 10.5 Å². The maximum atomic E-state index is 11.3. The van der Waals surface area contributed by atoms with Crippen LogP contribution in [-0.4, -0.2) is 20.7 Å². The number of hydrogen-bond acceptors (Lipinski definition) is 3. The molecule has 1 unspecified atom stereocenters. The highest BCUT2D eigenvalue weighted by atomic mass is 32.2. The van der Waals surface area contributed by atoms with Gasteiger partial charge in [0.25, 0.3) is 0 Å². The summed E-state index contributed by atoms with van der Waals surface area (Å²) in [5.41, 5.74) is 6.95. The summed E-state index contributed by atoms with van der Waals surface area (Å²) in [6, 6.07) is 9.46. The molecule has 0 saturated heterocycles. The monoisotopic (exact) mass is 254 g/mol. The Balaban J connectivity index is 2.40. The zero-order chi connectivity index (χ0) is 12.7. The van der Waals surface area contributed by atoms with Gasteiger partial charge in [-0.2, -0.15) is 0 Å². The van der Waals surface area contributed by atoms with Gasteiger partial charge in [-0.05, 0) is 12.0 Å². The Morgan fingerprint density at radius 1 is 1.35 bits per heavy atom. The molecule has 3 N–H and O–H groups in total. The van der Waals surface area contributed by atoms with Crippen molar-refractivity contribution in [3.05, 3.63) is 48.6 Å². The summed E-state index contributed by atoms with van der Waals surface area (Å²) in [4.78, 5) is 0. The van der Waals surface area contributed by atoms with Crippen LogP contribution in [0.25, 0.3) is 0 Å². The lowest BCUT2D eigenvalue weighted by Gasteiger charge is -2.12. The van der Waals surface area contributed by atoms with E-state index in [0.717, 1.165) is 5.56 Å². The number of nitrogens with one attached hydrogen (secondary N) is 1. The average Bonchev–Trinajstić information content (AvgIpc) is 2.29. The zero-order valence-electron chi connectivity index (χ0n) is 9.67. The third kappa shape index (κ3) is 5.12. The van der Waals surface area contributed by atoms with Gasteiger partial charge in [-0.1, -0.05) is 36.4 Å². The molecule has 5 heteroatoms. The second-order valence-electron chi connectivity index (χ2n) is 3.77. The summed E-state index contributed by atoms with van der Waals surface area (Å²) in [6.45, 7) is 3.73. The smallest absolute Gasteiger partial charge is 0.215 e. The van der Waals surface area contributed by atoms with Crippen LogP contribution in [0.4, 0.5) is 0 Å². The molecule has 4 nitrogen and oxygen atoms in total. The second-order valence-corrected chi connectivity index (χ2v) is 5.62. The Morgan fingerprint density at radius 3 is 2.59 bits per heavy atom. The summed E-state index contributed by atoms with van der Waals surface area (Å²) in [5, 5.41) is 0. The van der Waals surface area contributed by atoms with E-state index in [1.807, 2.05) is 30.3 Å². The van der Waals surface area contributed by atoms with Crippen molar-refractivity contribution < 1.29 is 8.42 Å². The molecule has 0 amide bonds. The summed E-state index contributed by atoms with van der Waals surface area (Å²) in [5.74, 6) is -0.0619. The van der Waals surface area contributed by atoms with E-state index >= 15 is 0 Å². The first-order valence-electron chi connectivity index (χ1n) is 5.44. The van der Waals surface area contributed by atoms with Gasteiger partial charge in [0.1, 0.15) is 0 Å². The van der Waals surface area contributed by atoms with Gasteiger partial charge in [-0.15, -0.1) is 6.58 Å². The first-order chi connectivity index (χ1) is 8.05. The predicted octanol–water partition coefficient (Wildman–Crippen LogP) is 1.18. The highest BCUT2D eigenvalue weighted by Crippen LogP contribution is 2.12. The molecule has 17 heavy (non-hydrogen) atoms. The quantitative estimate of drug-likeness (QED) is 0.718. The van der Waals surface area contributed by atoms with Crippen molar-refractivity contribution in [1.29, 1.82) is 0 Å². The highest BCUT2D eigenvalue weighted by Gasteiger charge is 2.09. The van der Waals surface area contributed by atoms with Crippen LogP contribution in [0, 0.1) is 0 Å². The molecule has 1 atom stereocenters. The summed E-state index contributed by atoms with van der Waals surface area (Å²) in [7, 11) is -3.23. The molecule has 0 saturated carbocycles. The van der Waals surface area contributed by atoms with Crippen LogP contribution in [0.2, 0.25) is 0 Å². The molecule has 1 aromatic carbocycles. The van der Waals surface area contributed by atoms with Crippen molar-refractivity contribution >= 4 is 10.0 Å². The van der Waals surface area contributed by atoms with Crippen LogP contribution in [0.1, 0.15) is 18.0 Å².